The zero-order chi connectivity index (χ0) is 12.9. The molecule has 0 spiro atoms. The molecule has 0 heterocycles. The van der Waals surface area contributed by atoms with Crippen molar-refractivity contribution in [2.75, 3.05) is 37.1 Å². The normalized spacial score (nSPS) is 14.8. The second-order valence-electron chi connectivity index (χ2n) is 3.83. The van der Waals surface area contributed by atoms with Crippen LogP contribution in [0, 0.1) is 0 Å². The number of aliphatic hydroxyl groups is 2. The molecule has 104 valence electrons. The predicted molar refractivity (Wildman–Crippen MR) is 75.1 cm³/mol. The zero-order valence-electron chi connectivity index (χ0n) is 9.99. The van der Waals surface area contributed by atoms with Gasteiger partial charge in [0.05, 0.1) is 25.4 Å². The number of halogens is 2. The fraction of sp³-hybridized carbons (Fsp3) is 1.00. The minimum atomic E-state index is -0.413. The Morgan fingerprint density at radius 2 is 1.18 bits per heavy atom. The van der Waals surface area contributed by atoms with Crippen LogP contribution in [0.5, 0.6) is 0 Å². The smallest absolute Gasteiger partial charge is 0.0870 e. The Balaban J connectivity index is 3.04. The average Bonchev–Trinajstić information content (AvgIpc) is 2.35. The van der Waals surface area contributed by atoms with Crippen molar-refractivity contribution in [3.63, 3.8) is 0 Å². The number of alkyl halides is 2. The molecule has 0 aromatic heterocycles. The first-order valence-corrected chi connectivity index (χ1v) is 8.08. The molecule has 6 heteroatoms. The number of ether oxygens (including phenoxy) is 2. The molecular formula is C11H22Br2O4. The van der Waals surface area contributed by atoms with E-state index in [9.17, 15) is 10.2 Å². The van der Waals surface area contributed by atoms with Gasteiger partial charge in [-0.2, -0.15) is 0 Å². The first-order chi connectivity index (χ1) is 8.20. The van der Waals surface area contributed by atoms with Gasteiger partial charge in [-0.1, -0.05) is 31.9 Å². The van der Waals surface area contributed by atoms with Crippen LogP contribution in [0.2, 0.25) is 0 Å². The fourth-order valence-corrected chi connectivity index (χ4v) is 1.49. The maximum atomic E-state index is 9.19. The minimum absolute atomic E-state index is 0.388. The van der Waals surface area contributed by atoms with Crippen LogP contribution in [-0.4, -0.2) is 59.5 Å². The molecule has 0 aliphatic carbocycles. The Labute approximate surface area is 120 Å². The Morgan fingerprint density at radius 1 is 0.765 bits per heavy atom. The van der Waals surface area contributed by atoms with Gasteiger partial charge >= 0.3 is 0 Å². The molecule has 0 saturated heterocycles. The van der Waals surface area contributed by atoms with E-state index in [0.29, 0.717) is 37.1 Å². The van der Waals surface area contributed by atoms with Crippen LogP contribution in [0.25, 0.3) is 0 Å². The number of rotatable bonds is 12. The summed E-state index contributed by atoms with van der Waals surface area (Å²) >= 11 is 6.35. The zero-order valence-corrected chi connectivity index (χ0v) is 13.2. The number of aliphatic hydroxyl groups excluding tert-OH is 2. The van der Waals surface area contributed by atoms with Crippen LogP contribution in [0.3, 0.4) is 0 Å². The maximum Gasteiger partial charge on any atom is 0.0870 e. The Morgan fingerprint density at radius 3 is 1.53 bits per heavy atom. The second-order valence-corrected chi connectivity index (χ2v) is 5.12. The molecule has 2 N–H and O–H groups in total. The Hall–Kier alpha value is 0.800. The van der Waals surface area contributed by atoms with Gasteiger partial charge in [0.25, 0.3) is 0 Å². The SMILES string of the molecule is OC(CBr)COCCCCCOCC(O)CBr. The summed E-state index contributed by atoms with van der Waals surface area (Å²) < 4.78 is 10.6. The van der Waals surface area contributed by atoms with Crippen molar-refractivity contribution in [2.24, 2.45) is 0 Å². The Kier molecular flexibility index (Phi) is 13.9. The minimum Gasteiger partial charge on any atom is -0.390 e. The number of hydrogen-bond donors (Lipinski definition) is 2. The third kappa shape index (κ3) is 13.0. The summed E-state index contributed by atoms with van der Waals surface area (Å²) in [6, 6.07) is 0. The van der Waals surface area contributed by atoms with Crippen LogP contribution in [0.15, 0.2) is 0 Å². The van der Waals surface area contributed by atoms with E-state index in [2.05, 4.69) is 31.9 Å². The summed E-state index contributed by atoms with van der Waals surface area (Å²) in [5.74, 6) is 0. The van der Waals surface area contributed by atoms with E-state index in [1.165, 1.54) is 0 Å². The molecule has 0 aromatic rings. The molecular weight excluding hydrogens is 356 g/mol. The monoisotopic (exact) mass is 376 g/mol. The Bertz CT molecular complexity index is 144. The molecule has 2 unspecified atom stereocenters. The summed E-state index contributed by atoms with van der Waals surface area (Å²) in [4.78, 5) is 0. The van der Waals surface area contributed by atoms with Crippen LogP contribution in [0.4, 0.5) is 0 Å². The summed E-state index contributed by atoms with van der Waals surface area (Å²) in [6.45, 7) is 2.13. The molecule has 2 atom stereocenters. The van der Waals surface area contributed by atoms with Gasteiger partial charge in [-0.15, -0.1) is 0 Å². The van der Waals surface area contributed by atoms with Gasteiger partial charge < -0.3 is 19.7 Å². The lowest BCUT2D eigenvalue weighted by molar-refractivity contribution is 0.0394. The fourth-order valence-electron chi connectivity index (χ4n) is 1.11. The van der Waals surface area contributed by atoms with E-state index in [1.54, 1.807) is 0 Å². The van der Waals surface area contributed by atoms with Crippen molar-refractivity contribution >= 4 is 31.9 Å². The summed E-state index contributed by atoms with van der Waals surface area (Å²) in [5, 5.41) is 19.5. The molecule has 0 rings (SSSR count). The molecule has 17 heavy (non-hydrogen) atoms. The second kappa shape index (κ2) is 13.2. The highest BCUT2D eigenvalue weighted by Crippen LogP contribution is 1.99. The van der Waals surface area contributed by atoms with E-state index in [4.69, 9.17) is 9.47 Å². The molecule has 0 amide bonds. The van der Waals surface area contributed by atoms with Crippen LogP contribution in [-0.2, 0) is 9.47 Å². The third-order valence-corrected chi connectivity index (χ3v) is 3.55. The molecule has 0 bridgehead atoms. The lowest BCUT2D eigenvalue weighted by atomic mass is 10.2. The lowest BCUT2D eigenvalue weighted by Crippen LogP contribution is -2.17. The predicted octanol–water partition coefficient (Wildman–Crippen LogP) is 1.70. The summed E-state index contributed by atoms with van der Waals surface area (Å²) in [6.07, 6.45) is 2.15. The van der Waals surface area contributed by atoms with Crippen LogP contribution >= 0.6 is 31.9 Å². The molecule has 0 radical (unpaired) electrons. The summed E-state index contributed by atoms with van der Waals surface area (Å²) in [7, 11) is 0. The van der Waals surface area contributed by atoms with Gasteiger partial charge in [0.2, 0.25) is 0 Å². The standard InChI is InChI=1S/C11H22Br2O4/c12-6-10(14)8-16-4-2-1-3-5-17-9-11(15)7-13/h10-11,14-15H,1-9H2. The molecule has 0 saturated carbocycles. The highest BCUT2D eigenvalue weighted by Gasteiger charge is 2.01. The van der Waals surface area contributed by atoms with E-state index in [0.717, 1.165) is 19.3 Å². The van der Waals surface area contributed by atoms with Crippen molar-refractivity contribution < 1.29 is 19.7 Å². The molecule has 0 aliphatic heterocycles. The van der Waals surface area contributed by atoms with E-state index in [1.807, 2.05) is 0 Å². The third-order valence-electron chi connectivity index (χ3n) is 2.05. The number of hydrogen-bond acceptors (Lipinski definition) is 4. The topological polar surface area (TPSA) is 58.9 Å². The van der Waals surface area contributed by atoms with Crippen molar-refractivity contribution in [1.82, 2.24) is 0 Å². The quantitative estimate of drug-likeness (QED) is 0.401. The van der Waals surface area contributed by atoms with Crippen LogP contribution < -0.4 is 0 Å². The van der Waals surface area contributed by atoms with Crippen LogP contribution in [0.1, 0.15) is 19.3 Å². The van der Waals surface area contributed by atoms with E-state index < -0.39 is 12.2 Å². The lowest BCUT2D eigenvalue weighted by Gasteiger charge is -2.09. The van der Waals surface area contributed by atoms with Gasteiger partial charge in [-0.05, 0) is 19.3 Å². The highest BCUT2D eigenvalue weighted by molar-refractivity contribution is 9.09. The molecule has 4 nitrogen and oxygen atoms in total. The molecule has 0 aliphatic rings. The first-order valence-electron chi connectivity index (χ1n) is 5.84. The highest BCUT2D eigenvalue weighted by atomic mass is 79.9. The maximum absolute atomic E-state index is 9.19. The van der Waals surface area contributed by atoms with Crippen molar-refractivity contribution in [2.45, 2.75) is 31.5 Å². The van der Waals surface area contributed by atoms with Crippen molar-refractivity contribution in [3.8, 4) is 0 Å². The van der Waals surface area contributed by atoms with Gasteiger partial charge in [-0.25, -0.2) is 0 Å². The van der Waals surface area contributed by atoms with E-state index >= 15 is 0 Å². The first kappa shape index (κ1) is 17.8. The van der Waals surface area contributed by atoms with Gasteiger partial charge in [0.1, 0.15) is 0 Å². The summed E-state index contributed by atoms with van der Waals surface area (Å²) in [5.41, 5.74) is 0. The van der Waals surface area contributed by atoms with Gasteiger partial charge in [0.15, 0.2) is 0 Å². The average molecular weight is 378 g/mol. The molecule has 0 aromatic carbocycles. The van der Waals surface area contributed by atoms with Gasteiger partial charge in [-0.3, -0.25) is 0 Å². The van der Waals surface area contributed by atoms with E-state index in [-0.39, 0.29) is 0 Å². The number of unbranched alkanes of at least 4 members (excludes halogenated alkanes) is 2. The molecule has 0 fully saturated rings. The van der Waals surface area contributed by atoms with Crippen molar-refractivity contribution in [3.05, 3.63) is 0 Å². The van der Waals surface area contributed by atoms with Crippen molar-refractivity contribution in [1.29, 1.82) is 0 Å². The van der Waals surface area contributed by atoms with Gasteiger partial charge in [0, 0.05) is 23.9 Å². The largest absolute Gasteiger partial charge is 0.390 e.